The van der Waals surface area contributed by atoms with Crippen LogP contribution in [-0.4, -0.2) is 26.1 Å². The molecule has 1 unspecified atom stereocenters. The Labute approximate surface area is 171 Å². The Balaban J connectivity index is 2.05. The Morgan fingerprint density at radius 1 is 1.11 bits per heavy atom. The van der Waals surface area contributed by atoms with Crippen LogP contribution < -0.4 is 4.90 Å². The largest absolute Gasteiger partial charge is 0.300 e. The van der Waals surface area contributed by atoms with Crippen molar-refractivity contribution in [3.63, 3.8) is 0 Å². The number of anilines is 1. The highest BCUT2D eigenvalue weighted by atomic mass is 35.5. The molecular weight excluding hydrogens is 394 g/mol. The number of nitrogens with zero attached hydrogens (tertiary/aromatic N) is 1. The number of sulfone groups is 1. The predicted molar refractivity (Wildman–Crippen MR) is 115 cm³/mol. The van der Waals surface area contributed by atoms with Crippen LogP contribution in [0.2, 0.25) is 5.02 Å². The molecule has 1 heterocycles. The Hall–Kier alpha value is -2.11. The van der Waals surface area contributed by atoms with Gasteiger partial charge in [-0.25, -0.2) is 8.42 Å². The van der Waals surface area contributed by atoms with Crippen molar-refractivity contribution < 1.29 is 13.2 Å². The van der Waals surface area contributed by atoms with Crippen molar-refractivity contribution in [2.75, 3.05) is 10.7 Å². The number of hydrogen-bond acceptors (Lipinski definition) is 3. The van der Waals surface area contributed by atoms with E-state index in [0.717, 1.165) is 11.1 Å². The molecule has 0 aromatic heterocycles. The third-order valence-electron chi connectivity index (χ3n) is 4.96. The van der Waals surface area contributed by atoms with Gasteiger partial charge in [0.25, 0.3) is 5.91 Å². The van der Waals surface area contributed by atoms with E-state index in [-0.39, 0.29) is 17.1 Å². The van der Waals surface area contributed by atoms with E-state index >= 15 is 0 Å². The standard InChI is InChI=1S/C22H24ClNO3S/c1-15-19(23)6-5-7-20(15)24(18-12-13-28(26,27)14-18)21(25)16-8-10-17(11-9-16)22(2,3)4/h5-13,18H,14H2,1-4H3. The van der Waals surface area contributed by atoms with Crippen LogP contribution in [0.5, 0.6) is 0 Å². The molecule has 0 saturated carbocycles. The molecule has 4 nitrogen and oxygen atoms in total. The Kier molecular flexibility index (Phi) is 5.43. The van der Waals surface area contributed by atoms with Crippen molar-refractivity contribution in [1.82, 2.24) is 0 Å². The second kappa shape index (κ2) is 7.37. The summed E-state index contributed by atoms with van der Waals surface area (Å²) in [6.45, 7) is 8.16. The molecule has 1 aliphatic rings. The molecule has 0 radical (unpaired) electrons. The molecule has 6 heteroatoms. The van der Waals surface area contributed by atoms with Crippen molar-refractivity contribution in [2.24, 2.45) is 0 Å². The van der Waals surface area contributed by atoms with E-state index in [0.29, 0.717) is 16.3 Å². The number of amides is 1. The van der Waals surface area contributed by atoms with E-state index in [1.165, 1.54) is 10.3 Å². The van der Waals surface area contributed by atoms with Crippen LogP contribution in [0.15, 0.2) is 53.9 Å². The van der Waals surface area contributed by atoms with Crippen LogP contribution in [-0.2, 0) is 15.3 Å². The van der Waals surface area contributed by atoms with Gasteiger partial charge in [0.1, 0.15) is 0 Å². The number of benzene rings is 2. The average molecular weight is 418 g/mol. The molecule has 0 bridgehead atoms. The molecule has 1 aliphatic heterocycles. The van der Waals surface area contributed by atoms with Crippen LogP contribution >= 0.6 is 11.6 Å². The monoisotopic (exact) mass is 417 g/mol. The highest BCUT2D eigenvalue weighted by Crippen LogP contribution is 2.32. The summed E-state index contributed by atoms with van der Waals surface area (Å²) < 4.78 is 24.0. The highest BCUT2D eigenvalue weighted by molar-refractivity contribution is 7.94. The molecule has 2 aromatic carbocycles. The van der Waals surface area contributed by atoms with Gasteiger partial charge in [-0.2, -0.15) is 0 Å². The lowest BCUT2D eigenvalue weighted by Crippen LogP contribution is -2.41. The summed E-state index contributed by atoms with van der Waals surface area (Å²) in [6, 6.07) is 12.2. The first-order valence-electron chi connectivity index (χ1n) is 9.10. The lowest BCUT2D eigenvalue weighted by Gasteiger charge is -2.30. The van der Waals surface area contributed by atoms with Crippen LogP contribution in [0.4, 0.5) is 5.69 Å². The molecule has 0 N–H and O–H groups in total. The zero-order valence-corrected chi connectivity index (χ0v) is 18.0. The molecule has 0 aliphatic carbocycles. The maximum absolute atomic E-state index is 13.4. The first-order valence-corrected chi connectivity index (χ1v) is 11.2. The van der Waals surface area contributed by atoms with Gasteiger partial charge in [0.15, 0.2) is 9.84 Å². The van der Waals surface area contributed by atoms with Gasteiger partial charge in [-0.3, -0.25) is 4.79 Å². The molecule has 0 saturated heterocycles. The summed E-state index contributed by atoms with van der Waals surface area (Å²) in [5.41, 5.74) is 2.96. The second-order valence-corrected chi connectivity index (χ2v) is 10.5. The van der Waals surface area contributed by atoms with Gasteiger partial charge in [0, 0.05) is 21.7 Å². The summed E-state index contributed by atoms with van der Waals surface area (Å²) in [7, 11) is -3.32. The van der Waals surface area contributed by atoms with E-state index in [2.05, 4.69) is 20.8 Å². The molecule has 1 amide bonds. The summed E-state index contributed by atoms with van der Waals surface area (Å²) in [5.74, 6) is -0.386. The lowest BCUT2D eigenvalue weighted by molar-refractivity contribution is 0.0983. The fraction of sp³-hybridized carbons (Fsp3) is 0.318. The van der Waals surface area contributed by atoms with Crippen LogP contribution in [0, 0.1) is 6.92 Å². The summed E-state index contributed by atoms with van der Waals surface area (Å²) in [6.07, 6.45) is 1.57. The summed E-state index contributed by atoms with van der Waals surface area (Å²) in [5, 5.41) is 1.71. The van der Waals surface area contributed by atoms with Crippen molar-refractivity contribution in [2.45, 2.75) is 39.2 Å². The number of rotatable bonds is 3. The molecule has 28 heavy (non-hydrogen) atoms. The van der Waals surface area contributed by atoms with E-state index in [1.54, 1.807) is 36.4 Å². The van der Waals surface area contributed by atoms with Crippen molar-refractivity contribution in [3.05, 3.63) is 75.7 Å². The zero-order chi connectivity index (χ0) is 20.7. The van der Waals surface area contributed by atoms with E-state index in [1.807, 2.05) is 19.1 Å². The van der Waals surface area contributed by atoms with Gasteiger partial charge < -0.3 is 4.90 Å². The maximum Gasteiger partial charge on any atom is 0.258 e. The maximum atomic E-state index is 13.4. The minimum absolute atomic E-state index is 0.0208. The average Bonchev–Trinajstić information content (AvgIpc) is 2.97. The first kappa shape index (κ1) is 20.6. The smallest absolute Gasteiger partial charge is 0.258 e. The highest BCUT2D eigenvalue weighted by Gasteiger charge is 2.33. The van der Waals surface area contributed by atoms with Crippen LogP contribution in [0.1, 0.15) is 42.3 Å². The zero-order valence-electron chi connectivity index (χ0n) is 16.4. The van der Waals surface area contributed by atoms with Gasteiger partial charge in [0.05, 0.1) is 11.8 Å². The number of carbonyl (C=O) groups excluding carboxylic acids is 1. The molecule has 148 valence electrons. The number of hydrogen-bond donors (Lipinski definition) is 0. The molecule has 0 fully saturated rings. The Morgan fingerprint density at radius 3 is 2.29 bits per heavy atom. The Bertz CT molecular complexity index is 1030. The van der Waals surface area contributed by atoms with Crippen LogP contribution in [0.25, 0.3) is 0 Å². The number of halogens is 1. The molecule has 0 spiro atoms. The molecule has 3 rings (SSSR count). The molecular formula is C22H24ClNO3S. The van der Waals surface area contributed by atoms with Gasteiger partial charge in [-0.15, -0.1) is 0 Å². The van der Waals surface area contributed by atoms with Crippen molar-refractivity contribution >= 4 is 33.0 Å². The van der Waals surface area contributed by atoms with Gasteiger partial charge >= 0.3 is 0 Å². The normalized spacial score (nSPS) is 18.2. The van der Waals surface area contributed by atoms with Crippen LogP contribution in [0.3, 0.4) is 0 Å². The summed E-state index contributed by atoms with van der Waals surface area (Å²) >= 11 is 6.27. The SMILES string of the molecule is Cc1c(Cl)cccc1N(C(=O)c1ccc(C(C)(C)C)cc1)C1C=CS(=O)(=O)C1. The quantitative estimate of drug-likeness (QED) is 0.713. The van der Waals surface area contributed by atoms with E-state index < -0.39 is 15.9 Å². The van der Waals surface area contributed by atoms with Gasteiger partial charge in [-0.1, -0.05) is 50.6 Å². The van der Waals surface area contributed by atoms with Gasteiger partial charge in [0.2, 0.25) is 0 Å². The second-order valence-electron chi connectivity index (χ2n) is 8.11. The van der Waals surface area contributed by atoms with E-state index in [4.69, 9.17) is 11.6 Å². The Morgan fingerprint density at radius 2 is 1.75 bits per heavy atom. The number of carbonyl (C=O) groups is 1. The molecule has 2 aromatic rings. The third-order valence-corrected chi connectivity index (χ3v) is 6.75. The fourth-order valence-electron chi connectivity index (χ4n) is 3.27. The molecule has 1 atom stereocenters. The van der Waals surface area contributed by atoms with E-state index in [9.17, 15) is 13.2 Å². The summed E-state index contributed by atoms with van der Waals surface area (Å²) in [4.78, 5) is 15.0. The fourth-order valence-corrected chi connectivity index (χ4v) is 4.71. The van der Waals surface area contributed by atoms with Crippen molar-refractivity contribution in [3.8, 4) is 0 Å². The minimum atomic E-state index is -3.32. The first-order chi connectivity index (χ1) is 13.0. The third kappa shape index (κ3) is 4.15. The lowest BCUT2D eigenvalue weighted by atomic mass is 9.86. The van der Waals surface area contributed by atoms with Crippen molar-refractivity contribution in [1.29, 1.82) is 0 Å². The topological polar surface area (TPSA) is 54.5 Å². The predicted octanol–water partition coefficient (Wildman–Crippen LogP) is 4.90. The van der Waals surface area contributed by atoms with Gasteiger partial charge in [-0.05, 0) is 53.8 Å². The minimum Gasteiger partial charge on any atom is -0.300 e.